The van der Waals surface area contributed by atoms with E-state index in [2.05, 4.69) is 5.32 Å². The van der Waals surface area contributed by atoms with E-state index in [0.29, 0.717) is 6.08 Å². The van der Waals surface area contributed by atoms with Crippen molar-refractivity contribution < 1.29 is 18.0 Å². The highest BCUT2D eigenvalue weighted by Crippen LogP contribution is 2.41. The van der Waals surface area contributed by atoms with E-state index in [1.54, 1.807) is 6.07 Å². The zero-order valence-corrected chi connectivity index (χ0v) is 13.5. The van der Waals surface area contributed by atoms with Gasteiger partial charge in [-0.25, -0.2) is 0 Å². The highest BCUT2D eigenvalue weighted by Gasteiger charge is 2.36. The lowest BCUT2D eigenvalue weighted by molar-refractivity contribution is -0.117. The lowest BCUT2D eigenvalue weighted by Crippen LogP contribution is -2.29. The number of halogens is 3. The Morgan fingerprint density at radius 2 is 1.56 bits per heavy atom. The minimum atomic E-state index is -4.60. The molecule has 1 amide bonds. The van der Waals surface area contributed by atoms with E-state index in [9.17, 15) is 18.0 Å². The Hall–Kier alpha value is -2.56. The summed E-state index contributed by atoms with van der Waals surface area (Å²) in [5, 5.41) is 2.75. The lowest BCUT2D eigenvalue weighted by atomic mass is 10.0. The molecule has 0 saturated heterocycles. The monoisotopic (exact) mass is 345 g/mol. The van der Waals surface area contributed by atoms with Crippen LogP contribution in [0.4, 0.5) is 13.2 Å². The van der Waals surface area contributed by atoms with E-state index in [1.807, 2.05) is 30.3 Å². The van der Waals surface area contributed by atoms with Crippen LogP contribution in [-0.2, 0) is 4.79 Å². The average Bonchev–Trinajstić information content (AvgIpc) is 3.43. The van der Waals surface area contributed by atoms with E-state index in [4.69, 9.17) is 0 Å². The third kappa shape index (κ3) is 4.50. The van der Waals surface area contributed by atoms with Crippen LogP contribution < -0.4 is 5.32 Å². The van der Waals surface area contributed by atoms with Gasteiger partial charge in [0, 0.05) is 6.08 Å². The van der Waals surface area contributed by atoms with Gasteiger partial charge in [0.2, 0.25) is 5.91 Å². The molecule has 0 aromatic heterocycles. The third-order valence-electron chi connectivity index (χ3n) is 4.22. The molecule has 2 nitrogen and oxygen atoms in total. The SMILES string of the molecule is O=C(/C=C(/c1ccccc1)C(F)(F)F)N[C@H](c1ccccc1)C1CC1. The van der Waals surface area contributed by atoms with Crippen LogP contribution in [0.25, 0.3) is 5.57 Å². The fourth-order valence-electron chi connectivity index (χ4n) is 2.84. The molecule has 5 heteroatoms. The van der Waals surface area contributed by atoms with Gasteiger partial charge in [-0.2, -0.15) is 13.2 Å². The summed E-state index contributed by atoms with van der Waals surface area (Å²) < 4.78 is 40.0. The van der Waals surface area contributed by atoms with Gasteiger partial charge in [-0.05, 0) is 29.9 Å². The molecule has 1 saturated carbocycles. The van der Waals surface area contributed by atoms with Crippen molar-refractivity contribution in [3.63, 3.8) is 0 Å². The molecule has 0 heterocycles. The highest BCUT2D eigenvalue weighted by atomic mass is 19.4. The first-order valence-electron chi connectivity index (χ1n) is 8.15. The van der Waals surface area contributed by atoms with Gasteiger partial charge in [0.25, 0.3) is 0 Å². The molecule has 1 atom stereocenters. The Morgan fingerprint density at radius 1 is 1.00 bits per heavy atom. The van der Waals surface area contributed by atoms with Crippen molar-refractivity contribution in [2.75, 3.05) is 0 Å². The van der Waals surface area contributed by atoms with E-state index >= 15 is 0 Å². The average molecular weight is 345 g/mol. The maximum atomic E-state index is 13.3. The van der Waals surface area contributed by atoms with Crippen molar-refractivity contribution >= 4 is 11.5 Å². The van der Waals surface area contributed by atoms with Crippen LogP contribution in [0, 0.1) is 5.92 Å². The maximum Gasteiger partial charge on any atom is 0.417 e. The summed E-state index contributed by atoms with van der Waals surface area (Å²) in [5.74, 6) is -0.442. The van der Waals surface area contributed by atoms with Crippen molar-refractivity contribution in [1.82, 2.24) is 5.32 Å². The van der Waals surface area contributed by atoms with Crippen LogP contribution in [-0.4, -0.2) is 12.1 Å². The quantitative estimate of drug-likeness (QED) is 0.767. The number of hydrogen-bond acceptors (Lipinski definition) is 1. The lowest BCUT2D eigenvalue weighted by Gasteiger charge is -2.19. The number of amides is 1. The summed E-state index contributed by atoms with van der Waals surface area (Å²) in [7, 11) is 0. The molecule has 1 aliphatic rings. The number of allylic oxidation sites excluding steroid dienone is 1. The fourth-order valence-corrected chi connectivity index (χ4v) is 2.84. The van der Waals surface area contributed by atoms with E-state index in [0.717, 1.165) is 18.4 Å². The first kappa shape index (κ1) is 17.3. The van der Waals surface area contributed by atoms with Crippen molar-refractivity contribution in [1.29, 1.82) is 0 Å². The molecule has 1 N–H and O–H groups in total. The zero-order chi connectivity index (χ0) is 17.9. The number of rotatable bonds is 5. The Labute approximate surface area is 144 Å². The first-order valence-corrected chi connectivity index (χ1v) is 8.15. The number of hydrogen-bond donors (Lipinski definition) is 1. The summed E-state index contributed by atoms with van der Waals surface area (Å²) in [6.45, 7) is 0. The molecule has 0 unspecified atom stereocenters. The van der Waals surface area contributed by atoms with Crippen LogP contribution in [0.2, 0.25) is 0 Å². The van der Waals surface area contributed by atoms with Gasteiger partial charge >= 0.3 is 6.18 Å². The molecule has 25 heavy (non-hydrogen) atoms. The number of nitrogens with one attached hydrogen (secondary N) is 1. The van der Waals surface area contributed by atoms with Crippen LogP contribution in [0.3, 0.4) is 0 Å². The zero-order valence-electron chi connectivity index (χ0n) is 13.5. The Bertz CT molecular complexity index is 750. The number of alkyl halides is 3. The summed E-state index contributed by atoms with van der Waals surface area (Å²) >= 11 is 0. The molecular formula is C20H18F3NO. The van der Waals surface area contributed by atoms with Gasteiger partial charge in [0.1, 0.15) is 0 Å². The fraction of sp³-hybridized carbons (Fsp3) is 0.250. The van der Waals surface area contributed by atoms with Gasteiger partial charge in [0.15, 0.2) is 0 Å². The molecule has 0 radical (unpaired) electrons. The molecule has 0 aliphatic heterocycles. The molecule has 2 aromatic carbocycles. The van der Waals surface area contributed by atoms with Crippen LogP contribution in [0.15, 0.2) is 66.7 Å². The van der Waals surface area contributed by atoms with Crippen molar-refractivity contribution in [2.24, 2.45) is 5.92 Å². The van der Waals surface area contributed by atoms with Crippen LogP contribution in [0.5, 0.6) is 0 Å². The molecule has 3 rings (SSSR count). The van der Waals surface area contributed by atoms with Gasteiger partial charge in [0.05, 0.1) is 11.6 Å². The number of carbonyl (C=O) groups is 1. The smallest absolute Gasteiger partial charge is 0.345 e. The Kier molecular flexibility index (Phi) is 4.93. The highest BCUT2D eigenvalue weighted by molar-refractivity contribution is 5.96. The molecule has 1 fully saturated rings. The largest absolute Gasteiger partial charge is 0.417 e. The van der Waals surface area contributed by atoms with Crippen molar-refractivity contribution in [2.45, 2.75) is 25.1 Å². The normalized spacial score (nSPS) is 16.4. The van der Waals surface area contributed by atoms with Crippen LogP contribution >= 0.6 is 0 Å². The van der Waals surface area contributed by atoms with Gasteiger partial charge in [-0.3, -0.25) is 4.79 Å². The number of benzene rings is 2. The minimum absolute atomic E-state index is 0.0205. The predicted molar refractivity (Wildman–Crippen MR) is 90.5 cm³/mol. The first-order chi connectivity index (χ1) is 11.9. The van der Waals surface area contributed by atoms with Crippen LogP contribution in [0.1, 0.15) is 30.0 Å². The van der Waals surface area contributed by atoms with Crippen molar-refractivity contribution in [3.8, 4) is 0 Å². The molecule has 0 bridgehead atoms. The summed E-state index contributed by atoms with van der Waals surface area (Å²) in [4.78, 5) is 12.3. The van der Waals surface area contributed by atoms with Gasteiger partial charge in [-0.1, -0.05) is 60.7 Å². The molecular weight excluding hydrogens is 327 g/mol. The minimum Gasteiger partial charge on any atom is -0.345 e. The predicted octanol–water partition coefficient (Wildman–Crippen LogP) is 4.90. The number of carbonyl (C=O) groups excluding carboxylic acids is 1. The summed E-state index contributed by atoms with van der Waals surface area (Å²) in [6.07, 6.45) is -2.00. The van der Waals surface area contributed by atoms with E-state index < -0.39 is 17.7 Å². The standard InChI is InChI=1S/C20H18F3NO/c21-20(22,23)17(14-7-3-1-4-8-14)13-18(25)24-19(16-11-12-16)15-9-5-2-6-10-15/h1-10,13,16,19H,11-12H2,(H,24,25)/b17-13-/t19-/m1/s1. The molecule has 1 aliphatic carbocycles. The topological polar surface area (TPSA) is 29.1 Å². The molecule has 2 aromatic rings. The van der Waals surface area contributed by atoms with Gasteiger partial charge in [-0.15, -0.1) is 0 Å². The maximum absolute atomic E-state index is 13.3. The Balaban J connectivity index is 1.84. The van der Waals surface area contributed by atoms with Gasteiger partial charge < -0.3 is 5.32 Å². The van der Waals surface area contributed by atoms with Crippen molar-refractivity contribution in [3.05, 3.63) is 77.9 Å². The molecule has 0 spiro atoms. The van der Waals surface area contributed by atoms with E-state index in [-0.39, 0.29) is 17.5 Å². The summed E-state index contributed by atoms with van der Waals surface area (Å²) in [6, 6.07) is 16.5. The Morgan fingerprint density at radius 3 is 2.08 bits per heavy atom. The molecule has 130 valence electrons. The second-order valence-electron chi connectivity index (χ2n) is 6.16. The van der Waals surface area contributed by atoms with E-state index in [1.165, 1.54) is 24.3 Å². The second-order valence-corrected chi connectivity index (χ2v) is 6.16. The second kappa shape index (κ2) is 7.13. The third-order valence-corrected chi connectivity index (χ3v) is 4.22. The summed E-state index contributed by atoms with van der Waals surface area (Å²) in [5.41, 5.74) is -0.0407.